The van der Waals surface area contributed by atoms with E-state index >= 15 is 0 Å². The van der Waals surface area contributed by atoms with Crippen molar-refractivity contribution >= 4 is 54.9 Å². The van der Waals surface area contributed by atoms with Gasteiger partial charge in [-0.2, -0.15) is 0 Å². The molecule has 0 aliphatic heterocycles. The van der Waals surface area contributed by atoms with Crippen molar-refractivity contribution in [2.75, 3.05) is 0 Å². The minimum Gasteiger partial charge on any atom is -0.423 e. The molecule has 0 saturated carbocycles. The number of hydrogen-bond acceptors (Lipinski definition) is 10. The first-order valence-electron chi connectivity index (χ1n) is 13.1. The van der Waals surface area contributed by atoms with Crippen LogP contribution in [0.2, 0.25) is 0 Å². The van der Waals surface area contributed by atoms with Crippen molar-refractivity contribution in [2.24, 2.45) is 0 Å². The normalized spacial score (nSPS) is 10.5. The molecule has 0 N–H and O–H groups in total. The van der Waals surface area contributed by atoms with Gasteiger partial charge in [0.25, 0.3) is 0 Å². The van der Waals surface area contributed by atoms with E-state index in [4.69, 9.17) is 9.47 Å². The number of fused-ring (bicyclic) bond motifs is 2. The number of carbonyl (C=O) groups excluding carboxylic acids is 2. The van der Waals surface area contributed by atoms with E-state index in [0.717, 1.165) is 10.8 Å². The first-order valence-corrected chi connectivity index (χ1v) is 15.2. The number of hydrogen-bond donors (Lipinski definition) is 0. The second-order valence-corrected chi connectivity index (χ2v) is 11.2. The van der Waals surface area contributed by atoms with Crippen LogP contribution in [-0.4, -0.2) is 11.9 Å². The third-order valence-electron chi connectivity index (χ3n) is 6.39. The van der Waals surface area contributed by atoms with Gasteiger partial charge in [0.1, 0.15) is 11.5 Å². The fraction of sp³-hybridized carbons (Fsp3) is 0. The number of benzene rings is 6. The predicted octanol–water partition coefficient (Wildman–Crippen LogP) is 7.45. The molecule has 0 atom stereocenters. The molecular weight excluding hydrogens is 659 g/mol. The summed E-state index contributed by atoms with van der Waals surface area (Å²) in [6.45, 7) is 0. The summed E-state index contributed by atoms with van der Waals surface area (Å²) in [6.07, 6.45) is 0. The summed E-state index contributed by atoms with van der Waals surface area (Å²) in [5.74, 6) is -0.169. The zero-order valence-corrected chi connectivity index (χ0v) is 25.7. The maximum Gasteiger partial charge on any atom is 2.00 e. The molecule has 8 nitrogen and oxygen atoms in total. The van der Waals surface area contributed by atoms with Crippen molar-refractivity contribution in [1.82, 2.24) is 0 Å². The van der Waals surface area contributed by atoms with Crippen LogP contribution in [0, 0.1) is 0 Å². The molecule has 0 aliphatic carbocycles. The Hall–Kier alpha value is -4.83. The summed E-state index contributed by atoms with van der Waals surface area (Å²) >= 11 is 0. The van der Waals surface area contributed by atoms with Crippen molar-refractivity contribution < 1.29 is 52.4 Å². The van der Waals surface area contributed by atoms with Crippen LogP contribution < -0.4 is 9.47 Å². The first-order chi connectivity index (χ1) is 21.3. The summed E-state index contributed by atoms with van der Waals surface area (Å²) in [6, 6.07) is 37.1. The molecule has 45 heavy (non-hydrogen) atoms. The van der Waals surface area contributed by atoms with Crippen molar-refractivity contribution in [2.45, 2.75) is 9.79 Å². The molecule has 0 radical (unpaired) electrons. The zero-order chi connectivity index (χ0) is 31.1. The van der Waals surface area contributed by atoms with Crippen molar-refractivity contribution in [1.29, 1.82) is 0 Å². The van der Waals surface area contributed by atoms with Gasteiger partial charge in [-0.1, -0.05) is 94.7 Å². The van der Waals surface area contributed by atoms with Crippen molar-refractivity contribution in [3.8, 4) is 11.5 Å². The van der Waals surface area contributed by atoms with Gasteiger partial charge in [-0.15, -0.1) is 0 Å². The van der Waals surface area contributed by atoms with Gasteiger partial charge < -0.3 is 26.3 Å². The number of carbonyl (C=O) groups is 2. The SMILES string of the molecule is O=C(Oc1ccc2ccc([S-](=O)=O)cc2c1)c1ccccc1.O=C(Oc1ccc2ccc([S-](=O)=O)cc2c1)c1ccccc1.[Ni+2]. The summed E-state index contributed by atoms with van der Waals surface area (Å²) in [5.41, 5.74) is 0.911. The third-order valence-corrected chi connectivity index (χ3v) is 7.67. The maximum atomic E-state index is 12.0. The summed E-state index contributed by atoms with van der Waals surface area (Å²) in [7, 11) is -4.58. The van der Waals surface area contributed by atoms with E-state index in [9.17, 15) is 26.4 Å². The molecule has 0 heterocycles. The predicted molar refractivity (Wildman–Crippen MR) is 165 cm³/mol. The second-order valence-electron chi connectivity index (χ2n) is 9.32. The van der Waals surface area contributed by atoms with E-state index < -0.39 is 33.3 Å². The molecule has 0 saturated heterocycles. The van der Waals surface area contributed by atoms with Crippen LogP contribution in [0.15, 0.2) is 143 Å². The quantitative estimate of drug-likeness (QED) is 0.0770. The number of rotatable bonds is 6. The van der Waals surface area contributed by atoms with Crippen LogP contribution >= 0.6 is 0 Å². The minimum atomic E-state index is -2.29. The van der Waals surface area contributed by atoms with Crippen LogP contribution in [0.25, 0.3) is 21.5 Å². The molecule has 0 spiro atoms. The van der Waals surface area contributed by atoms with Crippen molar-refractivity contribution in [3.63, 3.8) is 0 Å². The topological polar surface area (TPSA) is 121 Å². The van der Waals surface area contributed by atoms with Gasteiger partial charge in [0.15, 0.2) is 0 Å². The molecule has 0 amide bonds. The molecule has 0 bridgehead atoms. The van der Waals surface area contributed by atoms with Crippen LogP contribution in [0.4, 0.5) is 0 Å². The summed E-state index contributed by atoms with van der Waals surface area (Å²) < 4.78 is 54.7. The fourth-order valence-corrected chi connectivity index (χ4v) is 5.03. The van der Waals surface area contributed by atoms with Crippen LogP contribution in [0.3, 0.4) is 0 Å². The molecule has 0 aliphatic rings. The van der Waals surface area contributed by atoms with E-state index in [-0.39, 0.29) is 26.3 Å². The van der Waals surface area contributed by atoms with E-state index in [2.05, 4.69) is 0 Å². The van der Waals surface area contributed by atoms with E-state index in [1.54, 1.807) is 97.1 Å². The van der Waals surface area contributed by atoms with Crippen LogP contribution in [0.1, 0.15) is 20.7 Å². The number of ether oxygens (including phenoxy) is 2. The first kappa shape index (κ1) is 33.1. The zero-order valence-electron chi connectivity index (χ0n) is 23.1. The van der Waals surface area contributed by atoms with Crippen LogP contribution in [0.5, 0.6) is 11.5 Å². The van der Waals surface area contributed by atoms with E-state index in [1.165, 1.54) is 24.3 Å². The molecule has 0 aromatic heterocycles. The molecule has 228 valence electrons. The fourth-order valence-electron chi connectivity index (χ4n) is 4.22. The van der Waals surface area contributed by atoms with E-state index in [1.807, 2.05) is 12.1 Å². The number of esters is 2. The van der Waals surface area contributed by atoms with Gasteiger partial charge in [-0.3, -0.25) is 0 Å². The molecule has 6 aromatic carbocycles. The molecule has 6 aromatic rings. The van der Waals surface area contributed by atoms with Gasteiger partial charge in [-0.05, 0) is 91.5 Å². The van der Waals surface area contributed by atoms with Gasteiger partial charge in [0.2, 0.25) is 0 Å². The van der Waals surface area contributed by atoms with Gasteiger partial charge >= 0.3 is 28.4 Å². The second kappa shape index (κ2) is 15.3. The van der Waals surface area contributed by atoms with E-state index in [0.29, 0.717) is 33.4 Å². The molecule has 6 rings (SSSR count). The third kappa shape index (κ3) is 8.64. The van der Waals surface area contributed by atoms with Crippen molar-refractivity contribution in [3.05, 3.63) is 145 Å². The Balaban J connectivity index is 0.000000200. The maximum absolute atomic E-state index is 12.0. The molecule has 0 unspecified atom stereocenters. The average Bonchev–Trinajstić information content (AvgIpc) is 3.05. The monoisotopic (exact) mass is 680 g/mol. The van der Waals surface area contributed by atoms with Gasteiger partial charge in [-0.25, -0.2) is 9.59 Å². The summed E-state index contributed by atoms with van der Waals surface area (Å²) in [4.78, 5) is 24.4. The average molecular weight is 681 g/mol. The Morgan fingerprint density at radius 1 is 0.422 bits per heavy atom. The Morgan fingerprint density at radius 2 is 0.778 bits per heavy atom. The Bertz CT molecular complexity index is 1970. The largest absolute Gasteiger partial charge is 2.00 e. The molecule has 11 heteroatoms. The Morgan fingerprint density at radius 3 is 1.13 bits per heavy atom. The standard InChI is InChI=1S/2C17H11O4S.Ni/c2*18-17(13-4-2-1-3-5-13)21-15-8-6-12-7-9-16(22(19)20)11-14(12)10-15;/h2*1-11H;/q2*-1;+2. The molecular formula is C34H22NiO8S2. The molecule has 0 fully saturated rings. The van der Waals surface area contributed by atoms with Gasteiger partial charge in [0, 0.05) is 0 Å². The summed E-state index contributed by atoms with van der Waals surface area (Å²) in [5, 5.41) is 3.13. The van der Waals surface area contributed by atoms with Gasteiger partial charge in [0.05, 0.1) is 11.1 Å². The smallest absolute Gasteiger partial charge is 0.423 e. The Kier molecular flexibility index (Phi) is 11.2. The van der Waals surface area contributed by atoms with Crippen LogP contribution in [-0.2, 0) is 54.7 Å². The minimum absolute atomic E-state index is 0. The Labute approximate surface area is 272 Å².